The SMILES string of the molecule is CC(=O)N1CCN(c2ccc(-c3nc(Cc4ccc(F)cc4)no3)cn2)CC1. The third-order valence-corrected chi connectivity index (χ3v) is 4.79. The highest BCUT2D eigenvalue weighted by Crippen LogP contribution is 2.21. The Morgan fingerprint density at radius 3 is 2.50 bits per heavy atom. The molecule has 0 saturated carbocycles. The van der Waals surface area contributed by atoms with Crippen molar-refractivity contribution in [2.45, 2.75) is 13.3 Å². The lowest BCUT2D eigenvalue weighted by atomic mass is 10.1. The number of carbonyl (C=O) groups excluding carboxylic acids is 1. The highest BCUT2D eigenvalue weighted by atomic mass is 19.1. The number of rotatable bonds is 4. The summed E-state index contributed by atoms with van der Waals surface area (Å²) in [6.07, 6.45) is 2.18. The number of benzene rings is 1. The van der Waals surface area contributed by atoms with Crippen molar-refractivity contribution in [2.24, 2.45) is 0 Å². The maximum Gasteiger partial charge on any atom is 0.259 e. The largest absolute Gasteiger partial charge is 0.353 e. The van der Waals surface area contributed by atoms with E-state index in [1.165, 1.54) is 12.1 Å². The fourth-order valence-corrected chi connectivity index (χ4v) is 3.18. The van der Waals surface area contributed by atoms with E-state index in [1.807, 2.05) is 17.0 Å². The van der Waals surface area contributed by atoms with Crippen LogP contribution in [0.4, 0.5) is 10.2 Å². The number of hydrogen-bond donors (Lipinski definition) is 0. The molecular formula is C20H20FN5O2. The van der Waals surface area contributed by atoms with Gasteiger partial charge in [0.15, 0.2) is 5.82 Å². The van der Waals surface area contributed by atoms with E-state index in [9.17, 15) is 9.18 Å². The molecule has 7 nitrogen and oxygen atoms in total. The van der Waals surface area contributed by atoms with E-state index in [1.54, 1.807) is 25.3 Å². The average molecular weight is 381 g/mol. The zero-order valence-electron chi connectivity index (χ0n) is 15.5. The molecule has 1 fully saturated rings. The molecule has 0 aliphatic carbocycles. The predicted molar refractivity (Wildman–Crippen MR) is 101 cm³/mol. The van der Waals surface area contributed by atoms with Crippen LogP contribution in [0.2, 0.25) is 0 Å². The van der Waals surface area contributed by atoms with Gasteiger partial charge in [-0.3, -0.25) is 4.79 Å². The van der Waals surface area contributed by atoms with Gasteiger partial charge in [0.2, 0.25) is 5.91 Å². The minimum atomic E-state index is -0.272. The first-order valence-corrected chi connectivity index (χ1v) is 9.12. The lowest BCUT2D eigenvalue weighted by Crippen LogP contribution is -2.48. The molecule has 144 valence electrons. The van der Waals surface area contributed by atoms with Crippen molar-refractivity contribution >= 4 is 11.7 Å². The van der Waals surface area contributed by atoms with Gasteiger partial charge in [-0.2, -0.15) is 4.98 Å². The molecule has 4 rings (SSSR count). The maximum absolute atomic E-state index is 13.0. The van der Waals surface area contributed by atoms with E-state index in [0.29, 0.717) is 31.2 Å². The first kappa shape index (κ1) is 18.1. The van der Waals surface area contributed by atoms with E-state index in [2.05, 4.69) is 20.0 Å². The Morgan fingerprint density at radius 1 is 1.11 bits per heavy atom. The van der Waals surface area contributed by atoms with Crippen LogP contribution >= 0.6 is 0 Å². The van der Waals surface area contributed by atoms with Crippen LogP contribution < -0.4 is 4.90 Å². The Morgan fingerprint density at radius 2 is 1.86 bits per heavy atom. The molecule has 1 saturated heterocycles. The zero-order valence-corrected chi connectivity index (χ0v) is 15.5. The Hall–Kier alpha value is -3.29. The van der Waals surface area contributed by atoms with E-state index >= 15 is 0 Å². The second-order valence-electron chi connectivity index (χ2n) is 6.72. The third kappa shape index (κ3) is 4.00. The summed E-state index contributed by atoms with van der Waals surface area (Å²) in [5.41, 5.74) is 1.65. The molecule has 3 heterocycles. The Kier molecular flexibility index (Phi) is 5.01. The number of amides is 1. The van der Waals surface area contributed by atoms with Crippen LogP contribution in [0.3, 0.4) is 0 Å². The molecule has 3 aromatic rings. The molecule has 0 radical (unpaired) electrons. The summed E-state index contributed by atoms with van der Waals surface area (Å²) in [7, 11) is 0. The van der Waals surface area contributed by atoms with Crippen molar-refractivity contribution in [1.82, 2.24) is 20.0 Å². The summed E-state index contributed by atoms with van der Waals surface area (Å²) < 4.78 is 18.3. The van der Waals surface area contributed by atoms with E-state index in [4.69, 9.17) is 4.52 Å². The number of pyridine rings is 1. The molecule has 0 spiro atoms. The van der Waals surface area contributed by atoms with Crippen LogP contribution in [0.25, 0.3) is 11.5 Å². The van der Waals surface area contributed by atoms with Gasteiger partial charge in [-0.25, -0.2) is 9.37 Å². The van der Waals surface area contributed by atoms with E-state index < -0.39 is 0 Å². The number of anilines is 1. The number of piperazine rings is 1. The quantitative estimate of drug-likeness (QED) is 0.691. The predicted octanol–water partition coefficient (Wildman–Crippen LogP) is 2.53. The molecule has 1 amide bonds. The Balaban J connectivity index is 1.41. The first-order valence-electron chi connectivity index (χ1n) is 9.12. The minimum absolute atomic E-state index is 0.107. The zero-order chi connectivity index (χ0) is 19.5. The van der Waals surface area contributed by atoms with Crippen LogP contribution in [0.5, 0.6) is 0 Å². The van der Waals surface area contributed by atoms with Crippen molar-refractivity contribution in [3.8, 4) is 11.5 Å². The summed E-state index contributed by atoms with van der Waals surface area (Å²) in [5.74, 6) is 1.63. The lowest BCUT2D eigenvalue weighted by Gasteiger charge is -2.34. The van der Waals surface area contributed by atoms with Crippen molar-refractivity contribution in [2.75, 3.05) is 31.1 Å². The number of halogens is 1. The molecule has 0 N–H and O–H groups in total. The molecule has 0 atom stereocenters. The number of nitrogens with zero attached hydrogens (tertiary/aromatic N) is 5. The maximum atomic E-state index is 13.0. The third-order valence-electron chi connectivity index (χ3n) is 4.79. The highest BCUT2D eigenvalue weighted by molar-refractivity contribution is 5.73. The molecule has 28 heavy (non-hydrogen) atoms. The molecule has 2 aromatic heterocycles. The van der Waals surface area contributed by atoms with E-state index in [-0.39, 0.29) is 11.7 Å². The lowest BCUT2D eigenvalue weighted by molar-refractivity contribution is -0.129. The van der Waals surface area contributed by atoms with Crippen molar-refractivity contribution in [3.63, 3.8) is 0 Å². The molecule has 0 bridgehead atoms. The summed E-state index contributed by atoms with van der Waals surface area (Å²) in [6.45, 7) is 4.52. The summed E-state index contributed by atoms with van der Waals surface area (Å²) in [4.78, 5) is 24.3. The van der Waals surface area contributed by atoms with Gasteiger partial charge in [0.25, 0.3) is 5.89 Å². The summed E-state index contributed by atoms with van der Waals surface area (Å²) >= 11 is 0. The summed E-state index contributed by atoms with van der Waals surface area (Å²) in [5, 5.41) is 3.99. The van der Waals surface area contributed by atoms with Gasteiger partial charge in [-0.1, -0.05) is 17.3 Å². The fraction of sp³-hybridized carbons (Fsp3) is 0.300. The van der Waals surface area contributed by atoms with Gasteiger partial charge < -0.3 is 14.3 Å². The van der Waals surface area contributed by atoms with Gasteiger partial charge in [-0.15, -0.1) is 0 Å². The van der Waals surface area contributed by atoms with Gasteiger partial charge in [0.05, 0.1) is 5.56 Å². The van der Waals surface area contributed by atoms with E-state index in [0.717, 1.165) is 30.0 Å². The fourth-order valence-electron chi connectivity index (χ4n) is 3.18. The molecule has 0 unspecified atom stereocenters. The van der Waals surface area contributed by atoms with Crippen LogP contribution in [0.1, 0.15) is 18.3 Å². The molecule has 1 aliphatic rings. The normalized spacial score (nSPS) is 14.4. The topological polar surface area (TPSA) is 75.4 Å². The number of carbonyl (C=O) groups is 1. The van der Waals surface area contributed by atoms with Crippen molar-refractivity contribution in [1.29, 1.82) is 0 Å². The molecule has 8 heteroatoms. The second kappa shape index (κ2) is 7.75. The second-order valence-corrected chi connectivity index (χ2v) is 6.72. The minimum Gasteiger partial charge on any atom is -0.353 e. The smallest absolute Gasteiger partial charge is 0.259 e. The van der Waals surface area contributed by atoms with Gasteiger partial charge in [0.1, 0.15) is 11.6 Å². The number of hydrogen-bond acceptors (Lipinski definition) is 6. The average Bonchev–Trinajstić information content (AvgIpc) is 3.18. The Labute approximate surface area is 161 Å². The van der Waals surface area contributed by atoms with Crippen LogP contribution in [-0.4, -0.2) is 52.1 Å². The number of aromatic nitrogens is 3. The first-order chi connectivity index (χ1) is 13.6. The van der Waals surface area contributed by atoms with Gasteiger partial charge in [-0.05, 0) is 29.8 Å². The van der Waals surface area contributed by atoms with Gasteiger partial charge >= 0.3 is 0 Å². The highest BCUT2D eigenvalue weighted by Gasteiger charge is 2.19. The monoisotopic (exact) mass is 381 g/mol. The van der Waals surface area contributed by atoms with Crippen LogP contribution in [-0.2, 0) is 11.2 Å². The standard InChI is InChI=1S/C20H20FN5O2/c1-14(27)25-8-10-26(11-9-25)19-7-4-16(13-22-19)20-23-18(24-28-20)12-15-2-5-17(21)6-3-15/h2-7,13H,8-12H2,1H3. The molecule has 1 aromatic carbocycles. The molecule has 1 aliphatic heterocycles. The summed E-state index contributed by atoms with van der Waals surface area (Å²) in [6, 6.07) is 10.0. The van der Waals surface area contributed by atoms with Crippen molar-refractivity contribution < 1.29 is 13.7 Å². The molecular weight excluding hydrogens is 361 g/mol. The Bertz CT molecular complexity index is 947. The van der Waals surface area contributed by atoms with Crippen LogP contribution in [0.15, 0.2) is 47.1 Å². The van der Waals surface area contributed by atoms with Crippen LogP contribution in [0, 0.1) is 5.82 Å². The van der Waals surface area contributed by atoms with Gasteiger partial charge in [0, 0.05) is 45.7 Å². The van der Waals surface area contributed by atoms with Crippen molar-refractivity contribution in [3.05, 3.63) is 59.8 Å².